The highest BCUT2D eigenvalue weighted by Gasteiger charge is 2.63. The van der Waals surface area contributed by atoms with Crippen LogP contribution in [-0.2, 0) is 14.3 Å². The molecule has 1 fully saturated rings. The maximum Gasteiger partial charge on any atom is 0.341 e. The zero-order valence-electron chi connectivity index (χ0n) is 11.6. The van der Waals surface area contributed by atoms with Crippen LogP contribution in [0.4, 0.5) is 0 Å². The summed E-state index contributed by atoms with van der Waals surface area (Å²) in [5.41, 5.74) is 0.195. The maximum atomic E-state index is 12.1. The molecule has 0 amide bonds. The van der Waals surface area contributed by atoms with E-state index in [1.165, 1.54) is 0 Å². The molecule has 1 aliphatic rings. The van der Waals surface area contributed by atoms with E-state index in [9.17, 15) is 4.79 Å². The Hall–Kier alpha value is -1.55. The minimum absolute atomic E-state index is 0.201. The molecule has 104 valence electrons. The number of hydrogen-bond acceptors (Lipinski definition) is 4. The molecule has 1 aliphatic heterocycles. The van der Waals surface area contributed by atoms with Gasteiger partial charge >= 0.3 is 5.97 Å². The van der Waals surface area contributed by atoms with Crippen LogP contribution in [0.1, 0.15) is 38.4 Å². The van der Waals surface area contributed by atoms with Gasteiger partial charge in [-0.05, 0) is 30.5 Å². The third-order valence-electron chi connectivity index (χ3n) is 3.42. The van der Waals surface area contributed by atoms with Crippen molar-refractivity contribution in [1.82, 2.24) is 0 Å². The second-order valence-electron chi connectivity index (χ2n) is 4.65. The average Bonchev–Trinajstić information content (AvgIpc) is 3.21. The van der Waals surface area contributed by atoms with Gasteiger partial charge in [0.05, 0.1) is 13.7 Å². The van der Waals surface area contributed by atoms with Gasteiger partial charge in [-0.3, -0.25) is 0 Å². The smallest absolute Gasteiger partial charge is 0.341 e. The molecule has 0 saturated carbocycles. The molecular weight excluding hydrogens is 244 g/mol. The van der Waals surface area contributed by atoms with Gasteiger partial charge in [0.15, 0.2) is 5.60 Å². The number of benzene rings is 1. The van der Waals surface area contributed by atoms with Gasteiger partial charge in [-0.15, -0.1) is 0 Å². The summed E-state index contributed by atoms with van der Waals surface area (Å²) < 4.78 is 16.0. The van der Waals surface area contributed by atoms with Crippen LogP contribution >= 0.6 is 0 Å². The Balaban J connectivity index is 2.08. The van der Waals surface area contributed by atoms with Crippen LogP contribution in [-0.4, -0.2) is 25.3 Å². The monoisotopic (exact) mass is 264 g/mol. The van der Waals surface area contributed by atoms with E-state index in [0.29, 0.717) is 13.0 Å². The van der Waals surface area contributed by atoms with Crippen LogP contribution < -0.4 is 4.74 Å². The Labute approximate surface area is 113 Å². The van der Waals surface area contributed by atoms with E-state index in [1.54, 1.807) is 7.11 Å². The molecule has 0 aromatic heterocycles. The summed E-state index contributed by atoms with van der Waals surface area (Å²) in [7, 11) is 1.63. The Morgan fingerprint density at radius 3 is 2.53 bits per heavy atom. The number of carbonyl (C=O) groups excluding carboxylic acids is 1. The summed E-state index contributed by atoms with van der Waals surface area (Å²) in [5, 5.41) is 0. The van der Waals surface area contributed by atoms with Crippen LogP contribution in [0.5, 0.6) is 5.75 Å². The number of hydrogen-bond donors (Lipinski definition) is 0. The number of esters is 1. The standard InChI is InChI=1S/C15H20O4/c1-4-10-18-14(16)15(5-2)13(19-15)11-6-8-12(17-3)9-7-11/h6-9,13H,4-5,10H2,1-3H3. The van der Waals surface area contributed by atoms with Gasteiger partial charge in [0.25, 0.3) is 0 Å². The Morgan fingerprint density at radius 1 is 1.32 bits per heavy atom. The molecule has 0 bridgehead atoms. The fourth-order valence-electron chi connectivity index (χ4n) is 2.18. The number of methoxy groups -OCH3 is 1. The molecule has 19 heavy (non-hydrogen) atoms. The van der Waals surface area contributed by atoms with E-state index in [0.717, 1.165) is 17.7 Å². The van der Waals surface area contributed by atoms with Crippen LogP contribution in [0.2, 0.25) is 0 Å². The minimum atomic E-state index is -0.788. The lowest BCUT2D eigenvalue weighted by Crippen LogP contribution is -2.27. The second kappa shape index (κ2) is 5.61. The van der Waals surface area contributed by atoms with E-state index in [4.69, 9.17) is 14.2 Å². The lowest BCUT2D eigenvalue weighted by molar-refractivity contribution is -0.150. The quantitative estimate of drug-likeness (QED) is 0.585. The Bertz CT molecular complexity index is 440. The topological polar surface area (TPSA) is 48.1 Å². The summed E-state index contributed by atoms with van der Waals surface area (Å²) >= 11 is 0. The van der Waals surface area contributed by atoms with E-state index < -0.39 is 5.60 Å². The zero-order chi connectivity index (χ0) is 13.9. The Morgan fingerprint density at radius 2 is 2.00 bits per heavy atom. The largest absolute Gasteiger partial charge is 0.497 e. The molecule has 2 atom stereocenters. The van der Waals surface area contributed by atoms with Crippen molar-refractivity contribution in [3.8, 4) is 5.75 Å². The average molecular weight is 264 g/mol. The summed E-state index contributed by atoms with van der Waals surface area (Å²) in [5.74, 6) is 0.540. The van der Waals surface area contributed by atoms with E-state index in [2.05, 4.69) is 0 Å². The van der Waals surface area contributed by atoms with Crippen LogP contribution in [0.3, 0.4) is 0 Å². The van der Waals surface area contributed by atoms with Crippen molar-refractivity contribution in [3.63, 3.8) is 0 Å². The number of rotatable bonds is 6. The Kier molecular flexibility index (Phi) is 4.10. The first-order chi connectivity index (χ1) is 9.17. The van der Waals surface area contributed by atoms with Crippen LogP contribution in [0.15, 0.2) is 24.3 Å². The van der Waals surface area contributed by atoms with E-state index in [1.807, 2.05) is 38.1 Å². The summed E-state index contributed by atoms with van der Waals surface area (Å²) in [6, 6.07) is 7.59. The molecule has 2 rings (SSSR count). The lowest BCUT2D eigenvalue weighted by atomic mass is 9.97. The van der Waals surface area contributed by atoms with Gasteiger partial charge in [0, 0.05) is 0 Å². The molecule has 1 heterocycles. The third kappa shape index (κ3) is 2.59. The molecule has 0 radical (unpaired) electrons. The normalized spacial score (nSPS) is 24.9. The van der Waals surface area contributed by atoms with Crippen molar-refractivity contribution in [1.29, 1.82) is 0 Å². The summed E-state index contributed by atoms with van der Waals surface area (Å²) in [4.78, 5) is 12.1. The highest BCUT2D eigenvalue weighted by Crippen LogP contribution is 2.52. The fraction of sp³-hybridized carbons (Fsp3) is 0.533. The second-order valence-corrected chi connectivity index (χ2v) is 4.65. The van der Waals surface area contributed by atoms with Gasteiger partial charge in [0.2, 0.25) is 0 Å². The summed E-state index contributed by atoms with van der Waals surface area (Å²) in [6.45, 7) is 4.36. The highest BCUT2D eigenvalue weighted by atomic mass is 16.7. The van der Waals surface area contributed by atoms with Gasteiger partial charge in [-0.25, -0.2) is 4.79 Å². The predicted octanol–water partition coefficient (Wildman–Crippen LogP) is 2.87. The highest BCUT2D eigenvalue weighted by molar-refractivity contribution is 5.83. The molecule has 1 saturated heterocycles. The van der Waals surface area contributed by atoms with Crippen molar-refractivity contribution in [2.24, 2.45) is 0 Å². The first kappa shape index (κ1) is 13.9. The predicted molar refractivity (Wildman–Crippen MR) is 71.1 cm³/mol. The minimum Gasteiger partial charge on any atom is -0.497 e. The molecule has 1 aromatic carbocycles. The van der Waals surface area contributed by atoms with E-state index in [-0.39, 0.29) is 12.1 Å². The molecule has 1 aromatic rings. The van der Waals surface area contributed by atoms with Crippen molar-refractivity contribution < 1.29 is 19.0 Å². The van der Waals surface area contributed by atoms with Gasteiger partial charge in [-0.1, -0.05) is 26.0 Å². The molecule has 0 spiro atoms. The van der Waals surface area contributed by atoms with Crippen molar-refractivity contribution >= 4 is 5.97 Å². The van der Waals surface area contributed by atoms with E-state index >= 15 is 0 Å². The van der Waals surface area contributed by atoms with Crippen molar-refractivity contribution in [2.45, 2.75) is 38.4 Å². The fourth-order valence-corrected chi connectivity index (χ4v) is 2.18. The third-order valence-corrected chi connectivity index (χ3v) is 3.42. The first-order valence-electron chi connectivity index (χ1n) is 6.67. The molecule has 0 aliphatic carbocycles. The van der Waals surface area contributed by atoms with Gasteiger partial charge < -0.3 is 14.2 Å². The van der Waals surface area contributed by atoms with Crippen molar-refractivity contribution in [2.75, 3.05) is 13.7 Å². The number of epoxide rings is 1. The lowest BCUT2D eigenvalue weighted by Gasteiger charge is -2.10. The molecule has 4 nitrogen and oxygen atoms in total. The van der Waals surface area contributed by atoms with Gasteiger partial charge in [-0.2, -0.15) is 0 Å². The van der Waals surface area contributed by atoms with Gasteiger partial charge in [0.1, 0.15) is 11.9 Å². The van der Waals surface area contributed by atoms with Crippen LogP contribution in [0.25, 0.3) is 0 Å². The number of ether oxygens (including phenoxy) is 3. The van der Waals surface area contributed by atoms with Crippen molar-refractivity contribution in [3.05, 3.63) is 29.8 Å². The molecular formula is C15H20O4. The molecule has 0 N–H and O–H groups in total. The number of carbonyl (C=O) groups is 1. The first-order valence-corrected chi connectivity index (χ1v) is 6.67. The summed E-state index contributed by atoms with van der Waals surface area (Å²) in [6.07, 6.45) is 1.23. The SMILES string of the molecule is CCCOC(=O)C1(CC)OC1c1ccc(OC)cc1. The molecule has 4 heteroatoms. The van der Waals surface area contributed by atoms with Crippen LogP contribution in [0, 0.1) is 0 Å². The maximum absolute atomic E-state index is 12.1. The molecule has 2 unspecified atom stereocenters. The zero-order valence-corrected chi connectivity index (χ0v) is 11.6.